The van der Waals surface area contributed by atoms with E-state index in [1.54, 1.807) is 0 Å². The summed E-state index contributed by atoms with van der Waals surface area (Å²) >= 11 is 6.10. The van der Waals surface area contributed by atoms with Crippen LogP contribution in [0.25, 0.3) is 5.69 Å². The van der Waals surface area contributed by atoms with E-state index in [0.29, 0.717) is 11.4 Å². The third-order valence-electron chi connectivity index (χ3n) is 3.09. The van der Waals surface area contributed by atoms with E-state index in [2.05, 4.69) is 5.10 Å². The molecule has 1 heterocycles. The zero-order chi connectivity index (χ0) is 14.5. The summed E-state index contributed by atoms with van der Waals surface area (Å²) in [6, 6.07) is 5.43. The molecule has 0 bridgehead atoms. The van der Waals surface area contributed by atoms with Gasteiger partial charge < -0.3 is 0 Å². The smallest absolute Gasteiger partial charge is 0.220 e. The van der Waals surface area contributed by atoms with E-state index >= 15 is 0 Å². The second-order valence-electron chi connectivity index (χ2n) is 4.61. The zero-order valence-electron chi connectivity index (χ0n) is 10.1. The van der Waals surface area contributed by atoms with Crippen molar-refractivity contribution in [2.45, 2.75) is 23.7 Å². The Labute approximate surface area is 124 Å². The first-order valence-corrected chi connectivity index (χ1v) is 8.55. The van der Waals surface area contributed by atoms with Crippen molar-refractivity contribution in [3.63, 3.8) is 0 Å². The fraction of sp³-hybridized carbons (Fsp3) is 0.250. The van der Waals surface area contributed by atoms with Crippen LogP contribution in [0.2, 0.25) is 5.15 Å². The average Bonchev–Trinajstić information content (AvgIpc) is 3.13. The minimum atomic E-state index is -3.98. The minimum Gasteiger partial charge on any atom is -0.220 e. The van der Waals surface area contributed by atoms with Gasteiger partial charge in [-0.2, -0.15) is 5.10 Å². The molecule has 3 rings (SSSR count). The van der Waals surface area contributed by atoms with E-state index in [9.17, 15) is 12.8 Å². The molecule has 1 aromatic carbocycles. The van der Waals surface area contributed by atoms with E-state index < -0.39 is 14.9 Å². The van der Waals surface area contributed by atoms with Crippen molar-refractivity contribution in [2.24, 2.45) is 0 Å². The Morgan fingerprint density at radius 2 is 1.85 bits per heavy atom. The van der Waals surface area contributed by atoms with Crippen molar-refractivity contribution in [2.75, 3.05) is 0 Å². The summed E-state index contributed by atoms with van der Waals surface area (Å²) in [5.74, 6) is -0.331. The van der Waals surface area contributed by atoms with Gasteiger partial charge >= 0.3 is 0 Å². The highest BCUT2D eigenvalue weighted by Gasteiger charge is 2.36. The first-order chi connectivity index (χ1) is 9.38. The molecule has 106 valence electrons. The van der Waals surface area contributed by atoms with Crippen molar-refractivity contribution < 1.29 is 12.8 Å². The van der Waals surface area contributed by atoms with E-state index in [1.165, 1.54) is 28.9 Å². The maximum atomic E-state index is 12.9. The third kappa shape index (κ3) is 2.43. The van der Waals surface area contributed by atoms with Crippen LogP contribution in [0, 0.1) is 5.82 Å². The van der Waals surface area contributed by atoms with Crippen molar-refractivity contribution >= 4 is 31.3 Å². The van der Waals surface area contributed by atoms with Gasteiger partial charge in [-0.1, -0.05) is 11.6 Å². The number of halogens is 3. The van der Waals surface area contributed by atoms with Crippen LogP contribution in [0.4, 0.5) is 4.39 Å². The first kappa shape index (κ1) is 13.9. The summed E-state index contributed by atoms with van der Waals surface area (Å²) in [5.41, 5.74) is 0.860. The summed E-state index contributed by atoms with van der Waals surface area (Å²) in [5, 5.41) is 4.16. The minimum absolute atomic E-state index is 0.0673. The van der Waals surface area contributed by atoms with Crippen LogP contribution < -0.4 is 0 Å². The summed E-state index contributed by atoms with van der Waals surface area (Å²) in [6.45, 7) is 0. The van der Waals surface area contributed by atoms with Gasteiger partial charge in [0.25, 0.3) is 9.05 Å². The Balaban J connectivity index is 2.20. The van der Waals surface area contributed by atoms with Crippen LogP contribution in [0.3, 0.4) is 0 Å². The van der Waals surface area contributed by atoms with Crippen molar-refractivity contribution in [1.82, 2.24) is 9.78 Å². The van der Waals surface area contributed by atoms with Crippen molar-refractivity contribution in [3.8, 4) is 5.69 Å². The van der Waals surface area contributed by atoms with Crippen LogP contribution in [-0.4, -0.2) is 18.2 Å². The normalized spacial score (nSPS) is 15.6. The number of aromatic nitrogens is 2. The predicted octanol–water partition coefficient (Wildman–Crippen LogP) is 3.47. The lowest BCUT2D eigenvalue weighted by atomic mass is 10.3. The molecule has 0 unspecified atom stereocenters. The topological polar surface area (TPSA) is 52.0 Å². The molecule has 4 nitrogen and oxygen atoms in total. The monoisotopic (exact) mass is 334 g/mol. The number of rotatable bonds is 3. The molecular formula is C12H9Cl2FN2O2S. The fourth-order valence-electron chi connectivity index (χ4n) is 2.00. The van der Waals surface area contributed by atoms with Crippen LogP contribution in [0.5, 0.6) is 0 Å². The second kappa shape index (κ2) is 4.72. The number of benzene rings is 1. The standard InChI is InChI=1S/C12H9Cl2FN2O2S/c13-12-11(20(14,18)19)10(7-1-2-7)16-17(12)9-5-3-8(15)4-6-9/h3-7H,1-2H2. The molecule has 1 aliphatic carbocycles. The molecule has 1 aliphatic rings. The van der Waals surface area contributed by atoms with Gasteiger partial charge in [0.05, 0.1) is 11.4 Å². The SMILES string of the molecule is O=S(=O)(Cl)c1c(C2CC2)nn(-c2ccc(F)cc2)c1Cl. The van der Waals surface area contributed by atoms with Crippen molar-refractivity contribution in [1.29, 1.82) is 0 Å². The molecule has 2 aromatic rings. The Kier molecular flexibility index (Phi) is 3.27. The molecule has 0 spiro atoms. The second-order valence-corrected chi connectivity index (χ2v) is 7.47. The third-order valence-corrected chi connectivity index (χ3v) is 4.91. The van der Waals surface area contributed by atoms with Gasteiger partial charge in [0.2, 0.25) is 0 Å². The largest absolute Gasteiger partial charge is 0.266 e. The number of hydrogen-bond acceptors (Lipinski definition) is 3. The Hall–Kier alpha value is -1.11. The van der Waals surface area contributed by atoms with Crippen LogP contribution in [0.1, 0.15) is 24.5 Å². The summed E-state index contributed by atoms with van der Waals surface area (Å²) in [4.78, 5) is -0.146. The lowest BCUT2D eigenvalue weighted by Crippen LogP contribution is -1.97. The molecule has 1 aromatic heterocycles. The van der Waals surface area contributed by atoms with Gasteiger partial charge in [-0.3, -0.25) is 0 Å². The number of nitrogens with zero attached hydrogens (tertiary/aromatic N) is 2. The Morgan fingerprint density at radius 1 is 1.25 bits per heavy atom. The summed E-state index contributed by atoms with van der Waals surface area (Å²) in [7, 11) is 1.46. The number of hydrogen-bond donors (Lipinski definition) is 0. The van der Waals surface area contributed by atoms with Gasteiger partial charge in [0, 0.05) is 16.6 Å². The predicted molar refractivity (Wildman–Crippen MR) is 73.5 cm³/mol. The molecule has 8 heteroatoms. The fourth-order valence-corrected chi connectivity index (χ4v) is 3.86. The molecule has 0 amide bonds. The zero-order valence-corrected chi connectivity index (χ0v) is 12.4. The van der Waals surface area contributed by atoms with Crippen LogP contribution >= 0.6 is 22.3 Å². The molecular weight excluding hydrogens is 326 g/mol. The summed E-state index contributed by atoms with van der Waals surface area (Å²) in [6.07, 6.45) is 1.71. The molecule has 20 heavy (non-hydrogen) atoms. The molecule has 0 aliphatic heterocycles. The first-order valence-electron chi connectivity index (χ1n) is 5.87. The highest BCUT2D eigenvalue weighted by molar-refractivity contribution is 8.13. The lowest BCUT2D eigenvalue weighted by molar-refractivity contribution is 0.608. The highest BCUT2D eigenvalue weighted by atomic mass is 35.7. The van der Waals surface area contributed by atoms with E-state index in [-0.39, 0.29) is 16.0 Å². The summed E-state index contributed by atoms with van der Waals surface area (Å²) < 4.78 is 37.5. The molecule has 0 N–H and O–H groups in total. The molecule has 1 fully saturated rings. The van der Waals surface area contributed by atoms with E-state index in [1.807, 2.05) is 0 Å². The quantitative estimate of drug-likeness (QED) is 0.807. The maximum Gasteiger partial charge on any atom is 0.266 e. The van der Waals surface area contributed by atoms with E-state index in [0.717, 1.165) is 12.8 Å². The van der Waals surface area contributed by atoms with Gasteiger partial charge in [-0.15, -0.1) is 0 Å². The maximum absolute atomic E-state index is 12.9. The molecule has 0 atom stereocenters. The average molecular weight is 335 g/mol. The lowest BCUT2D eigenvalue weighted by Gasteiger charge is -2.02. The van der Waals surface area contributed by atoms with Gasteiger partial charge in [0.15, 0.2) is 5.15 Å². The molecule has 0 saturated heterocycles. The highest BCUT2D eigenvalue weighted by Crippen LogP contribution is 2.45. The van der Waals surface area contributed by atoms with E-state index in [4.69, 9.17) is 22.3 Å². The van der Waals surface area contributed by atoms with Crippen LogP contribution in [-0.2, 0) is 9.05 Å². The molecule has 1 saturated carbocycles. The Morgan fingerprint density at radius 3 is 2.35 bits per heavy atom. The van der Waals surface area contributed by atoms with Crippen LogP contribution in [0.15, 0.2) is 29.2 Å². The van der Waals surface area contributed by atoms with Gasteiger partial charge in [0.1, 0.15) is 10.7 Å². The Bertz CT molecular complexity index is 768. The van der Waals surface area contributed by atoms with Gasteiger partial charge in [-0.05, 0) is 37.1 Å². The van der Waals surface area contributed by atoms with Crippen molar-refractivity contribution in [3.05, 3.63) is 40.9 Å². The van der Waals surface area contributed by atoms with Gasteiger partial charge in [-0.25, -0.2) is 17.5 Å². The molecule has 0 radical (unpaired) electrons.